The van der Waals surface area contributed by atoms with Crippen LogP contribution in [0.25, 0.3) is 0 Å². The summed E-state index contributed by atoms with van der Waals surface area (Å²) >= 11 is 3.06. The molecule has 2 aromatic rings. The summed E-state index contributed by atoms with van der Waals surface area (Å²) in [7, 11) is 0. The molecule has 0 aliphatic heterocycles. The van der Waals surface area contributed by atoms with Crippen LogP contribution in [0, 0.1) is 5.82 Å². The lowest BCUT2D eigenvalue weighted by molar-refractivity contribution is -0.117. The van der Waals surface area contributed by atoms with Crippen molar-refractivity contribution in [2.45, 2.75) is 6.04 Å². The molecule has 0 saturated carbocycles. The van der Waals surface area contributed by atoms with Gasteiger partial charge >= 0.3 is 0 Å². The van der Waals surface area contributed by atoms with Crippen LogP contribution in [0.3, 0.4) is 0 Å². The molecule has 1 atom stereocenters. The average molecular weight is 323 g/mol. The molecule has 0 aromatic heterocycles. The maximum absolute atomic E-state index is 13.1. The number of hydrogen-bond donors (Lipinski definition) is 2. The van der Waals surface area contributed by atoms with Gasteiger partial charge in [-0.3, -0.25) is 4.79 Å². The summed E-state index contributed by atoms with van der Waals surface area (Å²) in [5.74, 6) is -0.727. The maximum Gasteiger partial charge on any atom is 0.245 e. The number of carbonyl (C=O) groups is 1. The molecule has 3 N–H and O–H groups in total. The molecule has 0 saturated heterocycles. The number of anilines is 1. The van der Waals surface area contributed by atoms with E-state index >= 15 is 0 Å². The van der Waals surface area contributed by atoms with Gasteiger partial charge in [-0.15, -0.1) is 0 Å². The molecular weight excluding hydrogens is 311 g/mol. The zero-order valence-electron chi connectivity index (χ0n) is 9.94. The van der Waals surface area contributed by atoms with Gasteiger partial charge < -0.3 is 11.1 Å². The molecule has 5 heteroatoms. The SMILES string of the molecule is N[C@@H](C(=O)Nc1ccc(F)c(Br)c1)c1ccccc1. The number of halogens is 2. The van der Waals surface area contributed by atoms with E-state index in [1.165, 1.54) is 18.2 Å². The summed E-state index contributed by atoms with van der Waals surface area (Å²) in [5, 5.41) is 2.65. The minimum atomic E-state index is -0.759. The van der Waals surface area contributed by atoms with E-state index < -0.39 is 6.04 Å². The summed E-state index contributed by atoms with van der Waals surface area (Å²) in [6.45, 7) is 0. The van der Waals surface area contributed by atoms with Gasteiger partial charge in [-0.25, -0.2) is 4.39 Å². The lowest BCUT2D eigenvalue weighted by Crippen LogP contribution is -2.27. The fraction of sp³-hybridized carbons (Fsp3) is 0.0714. The number of amides is 1. The van der Waals surface area contributed by atoms with Gasteiger partial charge in [0.25, 0.3) is 0 Å². The topological polar surface area (TPSA) is 55.1 Å². The smallest absolute Gasteiger partial charge is 0.245 e. The van der Waals surface area contributed by atoms with Crippen molar-refractivity contribution in [2.75, 3.05) is 5.32 Å². The van der Waals surface area contributed by atoms with Crippen molar-refractivity contribution in [2.24, 2.45) is 5.73 Å². The van der Waals surface area contributed by atoms with Crippen molar-refractivity contribution in [1.82, 2.24) is 0 Å². The predicted octanol–water partition coefficient (Wildman–Crippen LogP) is 3.23. The molecule has 0 radical (unpaired) electrons. The molecule has 1 amide bonds. The third-order valence-corrected chi connectivity index (χ3v) is 3.24. The Morgan fingerprint density at radius 3 is 2.53 bits per heavy atom. The molecular formula is C14H12BrFN2O. The fourth-order valence-electron chi connectivity index (χ4n) is 1.61. The van der Waals surface area contributed by atoms with E-state index in [0.717, 1.165) is 5.56 Å². The Morgan fingerprint density at radius 2 is 1.89 bits per heavy atom. The molecule has 2 rings (SSSR count). The van der Waals surface area contributed by atoms with Gasteiger partial charge in [0, 0.05) is 5.69 Å². The number of rotatable bonds is 3. The van der Waals surface area contributed by atoms with Crippen LogP contribution in [0.1, 0.15) is 11.6 Å². The van der Waals surface area contributed by atoms with Gasteiger partial charge in [-0.05, 0) is 39.7 Å². The van der Waals surface area contributed by atoms with Crippen LogP contribution in [0.15, 0.2) is 53.0 Å². The van der Waals surface area contributed by atoms with E-state index in [1.807, 2.05) is 18.2 Å². The average Bonchev–Trinajstić information content (AvgIpc) is 2.43. The Morgan fingerprint density at radius 1 is 1.21 bits per heavy atom. The third-order valence-electron chi connectivity index (χ3n) is 2.63. The van der Waals surface area contributed by atoms with E-state index in [1.54, 1.807) is 12.1 Å². The van der Waals surface area contributed by atoms with Crippen molar-refractivity contribution in [1.29, 1.82) is 0 Å². The molecule has 0 aliphatic carbocycles. The molecule has 0 fully saturated rings. The second-order valence-electron chi connectivity index (χ2n) is 4.01. The number of benzene rings is 2. The molecule has 98 valence electrons. The first-order valence-electron chi connectivity index (χ1n) is 5.64. The zero-order valence-corrected chi connectivity index (χ0v) is 11.5. The summed E-state index contributed by atoms with van der Waals surface area (Å²) < 4.78 is 13.4. The molecule has 3 nitrogen and oxygen atoms in total. The lowest BCUT2D eigenvalue weighted by Gasteiger charge is -2.12. The fourth-order valence-corrected chi connectivity index (χ4v) is 1.98. The summed E-state index contributed by atoms with van der Waals surface area (Å²) in [4.78, 5) is 12.0. The normalized spacial score (nSPS) is 11.9. The molecule has 2 aromatic carbocycles. The second-order valence-corrected chi connectivity index (χ2v) is 4.86. The van der Waals surface area contributed by atoms with Gasteiger partial charge in [0.05, 0.1) is 4.47 Å². The Bertz CT molecular complexity index is 589. The molecule has 0 heterocycles. The lowest BCUT2D eigenvalue weighted by atomic mass is 10.1. The Balaban J connectivity index is 2.10. The van der Waals surface area contributed by atoms with Crippen molar-refractivity contribution in [3.05, 3.63) is 64.4 Å². The largest absolute Gasteiger partial charge is 0.324 e. The van der Waals surface area contributed by atoms with Crippen LogP contribution in [-0.2, 0) is 4.79 Å². The zero-order chi connectivity index (χ0) is 13.8. The highest BCUT2D eigenvalue weighted by atomic mass is 79.9. The summed E-state index contributed by atoms with van der Waals surface area (Å²) in [6.07, 6.45) is 0. The second kappa shape index (κ2) is 5.95. The number of carbonyl (C=O) groups excluding carboxylic acids is 1. The highest BCUT2D eigenvalue weighted by Gasteiger charge is 2.15. The van der Waals surface area contributed by atoms with E-state index in [-0.39, 0.29) is 11.7 Å². The Hall–Kier alpha value is -1.72. The molecule has 19 heavy (non-hydrogen) atoms. The minimum Gasteiger partial charge on any atom is -0.324 e. The van der Waals surface area contributed by atoms with E-state index in [9.17, 15) is 9.18 Å². The van der Waals surface area contributed by atoms with Crippen LogP contribution in [0.5, 0.6) is 0 Å². The molecule has 0 spiro atoms. The Kier molecular flexibility index (Phi) is 4.29. The number of nitrogens with two attached hydrogens (primary N) is 1. The molecule has 0 bridgehead atoms. The first kappa shape index (κ1) is 13.7. The van der Waals surface area contributed by atoms with Gasteiger partial charge in [0.2, 0.25) is 5.91 Å². The van der Waals surface area contributed by atoms with Gasteiger partial charge in [-0.2, -0.15) is 0 Å². The van der Waals surface area contributed by atoms with Crippen molar-refractivity contribution in [3.8, 4) is 0 Å². The quantitative estimate of drug-likeness (QED) is 0.911. The van der Waals surface area contributed by atoms with E-state index in [2.05, 4.69) is 21.2 Å². The van der Waals surface area contributed by atoms with Gasteiger partial charge in [0.15, 0.2) is 0 Å². The standard InChI is InChI=1S/C14H12BrFN2O/c15-11-8-10(6-7-12(11)16)18-14(19)13(17)9-4-2-1-3-5-9/h1-8,13H,17H2,(H,18,19)/t13-/m1/s1. The van der Waals surface area contributed by atoms with Crippen LogP contribution < -0.4 is 11.1 Å². The van der Waals surface area contributed by atoms with Gasteiger partial charge in [0.1, 0.15) is 11.9 Å². The van der Waals surface area contributed by atoms with Crippen LogP contribution in [0.4, 0.5) is 10.1 Å². The highest BCUT2D eigenvalue weighted by Crippen LogP contribution is 2.21. The predicted molar refractivity (Wildman–Crippen MR) is 76.1 cm³/mol. The Labute approximate surface area is 118 Å². The van der Waals surface area contributed by atoms with E-state index in [0.29, 0.717) is 10.2 Å². The van der Waals surface area contributed by atoms with Crippen LogP contribution >= 0.6 is 15.9 Å². The highest BCUT2D eigenvalue weighted by molar-refractivity contribution is 9.10. The van der Waals surface area contributed by atoms with E-state index in [4.69, 9.17) is 5.73 Å². The van der Waals surface area contributed by atoms with Crippen LogP contribution in [-0.4, -0.2) is 5.91 Å². The summed E-state index contributed by atoms with van der Waals surface area (Å²) in [5.41, 5.74) is 7.07. The molecule has 0 unspecified atom stereocenters. The minimum absolute atomic E-state index is 0.290. The third kappa shape index (κ3) is 3.39. The maximum atomic E-state index is 13.1. The van der Waals surface area contributed by atoms with Crippen molar-refractivity contribution in [3.63, 3.8) is 0 Å². The van der Waals surface area contributed by atoms with Crippen molar-refractivity contribution < 1.29 is 9.18 Å². The monoisotopic (exact) mass is 322 g/mol. The number of hydrogen-bond acceptors (Lipinski definition) is 2. The summed E-state index contributed by atoms with van der Waals surface area (Å²) in [6, 6.07) is 12.5. The first-order valence-corrected chi connectivity index (χ1v) is 6.43. The first-order chi connectivity index (χ1) is 9.08. The van der Waals surface area contributed by atoms with Gasteiger partial charge in [-0.1, -0.05) is 30.3 Å². The molecule has 0 aliphatic rings. The van der Waals surface area contributed by atoms with Crippen LogP contribution in [0.2, 0.25) is 0 Å². The number of nitrogens with one attached hydrogen (secondary N) is 1. The van der Waals surface area contributed by atoms with Crippen molar-refractivity contribution >= 4 is 27.5 Å².